The van der Waals surface area contributed by atoms with Crippen LogP contribution in [0.5, 0.6) is 5.75 Å². The highest BCUT2D eigenvalue weighted by Crippen LogP contribution is 2.41. The molecule has 164 valence electrons. The first-order valence-electron chi connectivity index (χ1n) is 11.3. The van der Waals surface area contributed by atoms with Crippen molar-refractivity contribution in [3.8, 4) is 5.75 Å². The molecule has 3 aliphatic rings. The number of likely N-dealkylation sites (tertiary alicyclic amines) is 1. The van der Waals surface area contributed by atoms with Crippen LogP contribution in [0, 0.1) is 5.41 Å². The van der Waals surface area contributed by atoms with Gasteiger partial charge in [0.15, 0.2) is 0 Å². The van der Waals surface area contributed by atoms with E-state index < -0.39 is 0 Å². The number of nitrogens with zero attached hydrogens (tertiary/aromatic N) is 3. The van der Waals surface area contributed by atoms with E-state index >= 15 is 0 Å². The molecule has 3 aliphatic heterocycles. The van der Waals surface area contributed by atoms with Crippen molar-refractivity contribution in [2.75, 3.05) is 55.7 Å². The number of hydrogen-bond donors (Lipinski definition) is 1. The number of phenols is 1. The zero-order chi connectivity index (χ0) is 21.4. The second kappa shape index (κ2) is 8.15. The number of fused-ring (bicyclic) bond motifs is 1. The predicted molar refractivity (Wildman–Crippen MR) is 121 cm³/mol. The molecule has 2 aromatic carbocycles. The van der Waals surface area contributed by atoms with Gasteiger partial charge >= 0.3 is 0 Å². The molecular weight excluding hydrogens is 393 g/mol. The van der Waals surface area contributed by atoms with Crippen LogP contribution < -0.4 is 9.80 Å². The highest BCUT2D eigenvalue weighted by molar-refractivity contribution is 6.08. The van der Waals surface area contributed by atoms with E-state index in [0.717, 1.165) is 50.4 Å². The summed E-state index contributed by atoms with van der Waals surface area (Å²) >= 11 is 0. The minimum Gasteiger partial charge on any atom is -0.508 e. The van der Waals surface area contributed by atoms with Crippen LogP contribution in [-0.2, 0) is 6.42 Å². The topological polar surface area (TPSA) is 47.0 Å². The number of benzene rings is 2. The maximum atomic E-state index is 13.0. The maximum absolute atomic E-state index is 13.0. The van der Waals surface area contributed by atoms with Crippen LogP contribution in [0.3, 0.4) is 0 Å². The Kier molecular flexibility index (Phi) is 5.34. The highest BCUT2D eigenvalue weighted by atomic mass is 19.1. The number of hydrogen-bond acceptors (Lipinski definition) is 4. The molecule has 1 amide bonds. The van der Waals surface area contributed by atoms with Gasteiger partial charge in [0.25, 0.3) is 5.91 Å². The number of rotatable bonds is 5. The van der Waals surface area contributed by atoms with Crippen molar-refractivity contribution >= 4 is 17.3 Å². The molecule has 0 aromatic heterocycles. The van der Waals surface area contributed by atoms with Crippen molar-refractivity contribution < 1.29 is 14.3 Å². The Bertz CT molecular complexity index is 964. The number of phenolic OH excluding ortho intramolecular Hbond substituents is 1. The molecule has 6 heteroatoms. The Morgan fingerprint density at radius 3 is 2.55 bits per heavy atom. The summed E-state index contributed by atoms with van der Waals surface area (Å²) in [5.74, 6) is 0.203. The van der Waals surface area contributed by atoms with Crippen molar-refractivity contribution in [1.82, 2.24) is 4.90 Å². The molecule has 3 heterocycles. The van der Waals surface area contributed by atoms with Gasteiger partial charge in [0.2, 0.25) is 0 Å². The van der Waals surface area contributed by atoms with Gasteiger partial charge in [-0.25, -0.2) is 0 Å². The van der Waals surface area contributed by atoms with E-state index in [1.807, 2.05) is 17.0 Å². The van der Waals surface area contributed by atoms with Gasteiger partial charge in [-0.3, -0.25) is 9.18 Å². The van der Waals surface area contributed by atoms with Gasteiger partial charge in [-0.2, -0.15) is 0 Å². The van der Waals surface area contributed by atoms with E-state index in [9.17, 15) is 14.3 Å². The number of alkyl halides is 1. The lowest BCUT2D eigenvalue weighted by Gasteiger charge is -2.29. The van der Waals surface area contributed by atoms with Gasteiger partial charge in [-0.1, -0.05) is 0 Å². The fourth-order valence-electron chi connectivity index (χ4n) is 5.56. The van der Waals surface area contributed by atoms with Gasteiger partial charge < -0.3 is 19.8 Å². The Balaban J connectivity index is 1.25. The average Bonchev–Trinajstić information content (AvgIpc) is 3.39. The molecule has 1 N–H and O–H groups in total. The molecule has 2 aromatic rings. The van der Waals surface area contributed by atoms with Crippen LogP contribution in [0.4, 0.5) is 15.8 Å². The average molecular weight is 424 g/mol. The summed E-state index contributed by atoms with van der Waals surface area (Å²) in [6.07, 6.45) is 3.77. The minimum absolute atomic E-state index is 0.00606. The second-order valence-corrected chi connectivity index (χ2v) is 9.30. The smallest absolute Gasteiger partial charge is 0.258 e. The third-order valence-corrected chi connectivity index (χ3v) is 7.26. The Labute approximate surface area is 183 Å². The monoisotopic (exact) mass is 423 g/mol. The normalized spacial score (nSPS) is 23.7. The highest BCUT2D eigenvalue weighted by Gasteiger charge is 2.43. The van der Waals surface area contributed by atoms with E-state index in [0.29, 0.717) is 23.9 Å². The second-order valence-electron chi connectivity index (χ2n) is 9.30. The van der Waals surface area contributed by atoms with Crippen LogP contribution in [0.2, 0.25) is 0 Å². The summed E-state index contributed by atoms with van der Waals surface area (Å²) in [6, 6.07) is 13.3. The number of carbonyl (C=O) groups excluding carboxylic acids is 1. The first kappa shape index (κ1) is 20.3. The van der Waals surface area contributed by atoms with E-state index in [1.165, 1.54) is 18.5 Å². The van der Waals surface area contributed by atoms with E-state index in [-0.39, 0.29) is 18.3 Å². The van der Waals surface area contributed by atoms with Gasteiger partial charge in [0.05, 0.1) is 6.67 Å². The quantitative estimate of drug-likeness (QED) is 0.794. The standard InChI is InChI=1S/C25H30FN3O2/c26-11-1-12-27-14-9-25(17-27)10-15-28(18-25)20-2-4-21(5-3-20)29-13-8-19-16-22(30)6-7-23(19)24(29)31/h2-7,16,30H,1,8-15,17-18H2. The maximum Gasteiger partial charge on any atom is 0.258 e. The summed E-state index contributed by atoms with van der Waals surface area (Å²) in [4.78, 5) is 19.7. The molecule has 0 bridgehead atoms. The summed E-state index contributed by atoms with van der Waals surface area (Å²) in [5.41, 5.74) is 4.05. The molecule has 31 heavy (non-hydrogen) atoms. The molecule has 1 unspecified atom stereocenters. The Morgan fingerprint density at radius 2 is 1.74 bits per heavy atom. The molecule has 0 saturated carbocycles. The SMILES string of the molecule is O=C1c2ccc(O)cc2CCN1c1ccc(N2CCC3(CCN(CCCF)C3)C2)cc1. The van der Waals surface area contributed by atoms with Crippen molar-refractivity contribution in [2.45, 2.75) is 25.7 Å². The zero-order valence-electron chi connectivity index (χ0n) is 17.9. The van der Waals surface area contributed by atoms with E-state index in [2.05, 4.69) is 21.9 Å². The van der Waals surface area contributed by atoms with Gasteiger partial charge in [-0.05, 0) is 80.3 Å². The van der Waals surface area contributed by atoms with Gasteiger partial charge in [0, 0.05) is 55.1 Å². The van der Waals surface area contributed by atoms with E-state index in [4.69, 9.17) is 0 Å². The first-order valence-corrected chi connectivity index (χ1v) is 11.3. The van der Waals surface area contributed by atoms with Gasteiger partial charge in [-0.15, -0.1) is 0 Å². The molecule has 2 fully saturated rings. The molecule has 1 atom stereocenters. The van der Waals surface area contributed by atoms with Crippen LogP contribution in [0.1, 0.15) is 35.2 Å². The molecule has 5 nitrogen and oxygen atoms in total. The van der Waals surface area contributed by atoms with E-state index in [1.54, 1.807) is 18.2 Å². The largest absolute Gasteiger partial charge is 0.508 e. The summed E-state index contributed by atoms with van der Waals surface area (Å²) in [5, 5.41) is 9.67. The molecule has 2 saturated heterocycles. The molecule has 0 radical (unpaired) electrons. The lowest BCUT2D eigenvalue weighted by molar-refractivity contribution is 0.0980. The number of amides is 1. The third-order valence-electron chi connectivity index (χ3n) is 7.26. The predicted octanol–water partition coefficient (Wildman–Crippen LogP) is 3.86. The van der Waals surface area contributed by atoms with Crippen LogP contribution >= 0.6 is 0 Å². The molecule has 5 rings (SSSR count). The van der Waals surface area contributed by atoms with Crippen LogP contribution in [-0.4, -0.2) is 61.9 Å². The summed E-state index contributed by atoms with van der Waals surface area (Å²) in [7, 11) is 0. The zero-order valence-corrected chi connectivity index (χ0v) is 17.9. The third kappa shape index (κ3) is 3.89. The van der Waals surface area contributed by atoms with Gasteiger partial charge in [0.1, 0.15) is 5.75 Å². The molecule has 0 aliphatic carbocycles. The first-order chi connectivity index (χ1) is 15.1. The lowest BCUT2D eigenvalue weighted by atomic mass is 9.86. The fourth-order valence-corrected chi connectivity index (χ4v) is 5.56. The fraction of sp³-hybridized carbons (Fsp3) is 0.480. The number of aromatic hydroxyl groups is 1. The van der Waals surface area contributed by atoms with Crippen LogP contribution in [0.15, 0.2) is 42.5 Å². The van der Waals surface area contributed by atoms with Crippen molar-refractivity contribution in [1.29, 1.82) is 0 Å². The number of anilines is 2. The molecular formula is C25H30FN3O2. The van der Waals surface area contributed by atoms with Crippen molar-refractivity contribution in [3.05, 3.63) is 53.6 Å². The van der Waals surface area contributed by atoms with Crippen molar-refractivity contribution in [3.63, 3.8) is 0 Å². The Hall–Kier alpha value is -2.60. The summed E-state index contributed by atoms with van der Waals surface area (Å²) < 4.78 is 12.5. The Morgan fingerprint density at radius 1 is 0.968 bits per heavy atom. The number of carbonyl (C=O) groups is 1. The minimum atomic E-state index is -0.227. The lowest BCUT2D eigenvalue weighted by Crippen LogP contribution is -2.37. The van der Waals surface area contributed by atoms with Crippen LogP contribution in [0.25, 0.3) is 0 Å². The molecule has 1 spiro atoms. The number of halogens is 1. The summed E-state index contributed by atoms with van der Waals surface area (Å²) in [6.45, 7) is 5.54. The van der Waals surface area contributed by atoms with Crippen molar-refractivity contribution in [2.24, 2.45) is 5.41 Å².